The van der Waals surface area contributed by atoms with E-state index in [9.17, 15) is 14.0 Å². The predicted molar refractivity (Wildman–Crippen MR) is 85.8 cm³/mol. The molecule has 2 amide bonds. The highest BCUT2D eigenvalue weighted by Gasteiger charge is 2.35. The summed E-state index contributed by atoms with van der Waals surface area (Å²) in [5.41, 5.74) is 1.25. The van der Waals surface area contributed by atoms with Gasteiger partial charge < -0.3 is 14.6 Å². The van der Waals surface area contributed by atoms with Crippen LogP contribution in [0.3, 0.4) is 0 Å². The number of nitrogens with zero attached hydrogens (tertiary/aromatic N) is 1. The maximum absolute atomic E-state index is 13.6. The number of halogens is 1. The van der Waals surface area contributed by atoms with E-state index in [1.807, 2.05) is 0 Å². The normalized spacial score (nSPS) is 17.1. The fourth-order valence-electron chi connectivity index (χ4n) is 2.88. The smallest absolute Gasteiger partial charge is 0.290 e. The number of carbonyl (C=O) groups is 2. The van der Waals surface area contributed by atoms with E-state index in [0.29, 0.717) is 24.1 Å². The van der Waals surface area contributed by atoms with Gasteiger partial charge in [-0.05, 0) is 49.1 Å². The molecule has 0 aliphatic carbocycles. The molecule has 1 fully saturated rings. The van der Waals surface area contributed by atoms with E-state index in [2.05, 4.69) is 5.32 Å². The summed E-state index contributed by atoms with van der Waals surface area (Å²) in [5.74, 6) is -0.569. The molecule has 0 saturated carbocycles. The van der Waals surface area contributed by atoms with Crippen molar-refractivity contribution in [1.29, 1.82) is 0 Å². The summed E-state index contributed by atoms with van der Waals surface area (Å²) in [4.78, 5) is 26.3. The van der Waals surface area contributed by atoms with Crippen LogP contribution in [0.4, 0.5) is 4.39 Å². The molecular weight excluding hydrogens is 311 g/mol. The van der Waals surface area contributed by atoms with E-state index in [0.717, 1.165) is 6.42 Å². The van der Waals surface area contributed by atoms with Gasteiger partial charge in [0.1, 0.15) is 11.9 Å². The van der Waals surface area contributed by atoms with E-state index >= 15 is 0 Å². The lowest BCUT2D eigenvalue weighted by Gasteiger charge is -2.23. The molecule has 5 nitrogen and oxygen atoms in total. The highest BCUT2D eigenvalue weighted by Crippen LogP contribution is 2.21. The Balaban J connectivity index is 1.63. The van der Waals surface area contributed by atoms with E-state index in [1.165, 1.54) is 17.2 Å². The molecule has 2 aromatic rings. The van der Waals surface area contributed by atoms with Crippen molar-refractivity contribution < 1.29 is 18.4 Å². The van der Waals surface area contributed by atoms with Crippen LogP contribution in [0.15, 0.2) is 41.0 Å². The minimum absolute atomic E-state index is 0.228. The summed E-state index contributed by atoms with van der Waals surface area (Å²) in [7, 11) is 0. The van der Waals surface area contributed by atoms with Gasteiger partial charge in [0, 0.05) is 13.1 Å². The number of aryl methyl sites for hydroxylation is 1. The van der Waals surface area contributed by atoms with E-state index in [-0.39, 0.29) is 29.9 Å². The van der Waals surface area contributed by atoms with Gasteiger partial charge in [-0.3, -0.25) is 9.59 Å². The van der Waals surface area contributed by atoms with Crippen molar-refractivity contribution in [2.45, 2.75) is 32.4 Å². The van der Waals surface area contributed by atoms with Gasteiger partial charge in [-0.1, -0.05) is 12.1 Å². The summed E-state index contributed by atoms with van der Waals surface area (Å²) < 4.78 is 18.7. The van der Waals surface area contributed by atoms with Gasteiger partial charge in [0.05, 0.1) is 6.26 Å². The molecule has 3 rings (SSSR count). The van der Waals surface area contributed by atoms with Crippen molar-refractivity contribution in [3.63, 3.8) is 0 Å². The van der Waals surface area contributed by atoms with Crippen LogP contribution in [0.5, 0.6) is 0 Å². The molecule has 6 heteroatoms. The molecule has 1 aliphatic rings. The van der Waals surface area contributed by atoms with Gasteiger partial charge in [-0.2, -0.15) is 0 Å². The quantitative estimate of drug-likeness (QED) is 0.937. The van der Waals surface area contributed by atoms with Gasteiger partial charge in [-0.25, -0.2) is 4.39 Å². The lowest BCUT2D eigenvalue weighted by molar-refractivity contribution is -0.125. The summed E-state index contributed by atoms with van der Waals surface area (Å²) in [6.07, 6.45) is 2.81. The predicted octanol–water partition coefficient (Wildman–Crippen LogP) is 2.65. The lowest BCUT2D eigenvalue weighted by atomic mass is 10.1. The number of furan rings is 1. The molecule has 1 aliphatic heterocycles. The molecule has 2 heterocycles. The zero-order valence-electron chi connectivity index (χ0n) is 13.4. The van der Waals surface area contributed by atoms with Crippen molar-refractivity contribution in [3.8, 4) is 0 Å². The molecule has 0 spiro atoms. The van der Waals surface area contributed by atoms with Gasteiger partial charge in [0.2, 0.25) is 5.91 Å². The minimum atomic E-state index is -0.516. The van der Waals surface area contributed by atoms with Crippen LogP contribution in [-0.4, -0.2) is 29.3 Å². The highest BCUT2D eigenvalue weighted by atomic mass is 19.1. The Hall–Kier alpha value is -2.63. The van der Waals surface area contributed by atoms with Gasteiger partial charge in [-0.15, -0.1) is 0 Å². The van der Waals surface area contributed by atoms with Gasteiger partial charge in [0.15, 0.2) is 5.76 Å². The average molecular weight is 330 g/mol. The highest BCUT2D eigenvalue weighted by molar-refractivity contribution is 5.95. The second-order valence-electron chi connectivity index (χ2n) is 5.94. The van der Waals surface area contributed by atoms with Gasteiger partial charge in [0.25, 0.3) is 5.91 Å². The molecule has 1 N–H and O–H groups in total. The third-order valence-corrected chi connectivity index (χ3v) is 4.25. The van der Waals surface area contributed by atoms with Crippen molar-refractivity contribution in [2.75, 3.05) is 6.54 Å². The van der Waals surface area contributed by atoms with Gasteiger partial charge >= 0.3 is 0 Å². The molecule has 1 atom stereocenters. The monoisotopic (exact) mass is 330 g/mol. The number of carbonyl (C=O) groups excluding carboxylic acids is 2. The Bertz CT molecular complexity index is 743. The first kappa shape index (κ1) is 16.2. The Kier molecular flexibility index (Phi) is 4.64. The number of benzene rings is 1. The van der Waals surface area contributed by atoms with Crippen molar-refractivity contribution in [2.24, 2.45) is 0 Å². The average Bonchev–Trinajstić information content (AvgIpc) is 3.26. The number of nitrogens with one attached hydrogen (secondary N) is 1. The molecular formula is C18H19FN2O3. The van der Waals surface area contributed by atoms with E-state index < -0.39 is 6.04 Å². The van der Waals surface area contributed by atoms with Crippen LogP contribution in [0.1, 0.15) is 34.5 Å². The number of amides is 2. The standard InChI is InChI=1S/C18H19FN2O3/c1-12-6-7-13(10-14(12)19)11-20-17(22)15-4-2-8-21(15)18(23)16-5-3-9-24-16/h3,5-7,9-10,15H,2,4,8,11H2,1H3,(H,20,22). The Morgan fingerprint density at radius 2 is 2.21 bits per heavy atom. The Morgan fingerprint density at radius 3 is 2.92 bits per heavy atom. The maximum atomic E-state index is 13.6. The SMILES string of the molecule is Cc1ccc(CNC(=O)C2CCCN2C(=O)c2ccco2)cc1F. The lowest BCUT2D eigenvalue weighted by Crippen LogP contribution is -2.45. The molecule has 0 radical (unpaired) electrons. The topological polar surface area (TPSA) is 62.6 Å². The number of hydrogen-bond acceptors (Lipinski definition) is 3. The molecule has 0 bridgehead atoms. The Labute approximate surface area is 139 Å². The summed E-state index contributed by atoms with van der Waals surface area (Å²) in [5, 5.41) is 2.79. The zero-order chi connectivity index (χ0) is 17.1. The zero-order valence-corrected chi connectivity index (χ0v) is 13.4. The van der Waals surface area contributed by atoms with Crippen molar-refractivity contribution >= 4 is 11.8 Å². The van der Waals surface area contributed by atoms with E-state index in [4.69, 9.17) is 4.42 Å². The molecule has 24 heavy (non-hydrogen) atoms. The minimum Gasteiger partial charge on any atom is -0.459 e. The second-order valence-corrected chi connectivity index (χ2v) is 5.94. The number of rotatable bonds is 4. The largest absolute Gasteiger partial charge is 0.459 e. The number of hydrogen-bond donors (Lipinski definition) is 1. The maximum Gasteiger partial charge on any atom is 0.290 e. The first-order chi connectivity index (χ1) is 11.6. The first-order valence-electron chi connectivity index (χ1n) is 7.93. The summed E-state index contributed by atoms with van der Waals surface area (Å²) in [6, 6.07) is 7.58. The van der Waals surface area contributed by atoms with Crippen LogP contribution in [-0.2, 0) is 11.3 Å². The number of likely N-dealkylation sites (tertiary alicyclic amines) is 1. The fourth-order valence-corrected chi connectivity index (χ4v) is 2.88. The van der Waals surface area contributed by atoms with E-state index in [1.54, 1.807) is 31.2 Å². The van der Waals surface area contributed by atoms with Crippen molar-refractivity contribution in [3.05, 3.63) is 59.3 Å². The molecule has 1 unspecified atom stereocenters. The molecule has 1 saturated heterocycles. The molecule has 126 valence electrons. The third-order valence-electron chi connectivity index (χ3n) is 4.25. The van der Waals surface area contributed by atoms with Crippen LogP contribution >= 0.6 is 0 Å². The van der Waals surface area contributed by atoms with Crippen LogP contribution in [0.25, 0.3) is 0 Å². The summed E-state index contributed by atoms with van der Waals surface area (Å²) >= 11 is 0. The second kappa shape index (κ2) is 6.86. The van der Waals surface area contributed by atoms with Crippen LogP contribution < -0.4 is 5.32 Å². The summed E-state index contributed by atoms with van der Waals surface area (Å²) in [6.45, 7) is 2.44. The fraction of sp³-hybridized carbons (Fsp3) is 0.333. The first-order valence-corrected chi connectivity index (χ1v) is 7.93. The Morgan fingerprint density at radius 1 is 1.38 bits per heavy atom. The van der Waals surface area contributed by atoms with Crippen LogP contribution in [0.2, 0.25) is 0 Å². The molecule has 1 aromatic carbocycles. The van der Waals surface area contributed by atoms with Crippen LogP contribution in [0, 0.1) is 12.7 Å². The van der Waals surface area contributed by atoms with Crippen molar-refractivity contribution in [1.82, 2.24) is 10.2 Å². The molecule has 1 aromatic heterocycles. The third kappa shape index (κ3) is 3.32.